The van der Waals surface area contributed by atoms with E-state index in [0.717, 1.165) is 0 Å². The van der Waals surface area contributed by atoms with E-state index in [9.17, 15) is 38.5 Å². The Hall–Kier alpha value is -1.15. The van der Waals surface area contributed by atoms with Gasteiger partial charge in [-0.3, -0.25) is 9.32 Å². The number of halogens is 1. The molecule has 2 aromatic heterocycles. The van der Waals surface area contributed by atoms with Crippen molar-refractivity contribution >= 4 is 74.8 Å². The minimum Gasteiger partial charge on any atom is -0.387 e. The number of phosphoric ester groups is 1. The summed E-state index contributed by atoms with van der Waals surface area (Å²) in [6.45, 7) is 0.215. The van der Waals surface area contributed by atoms with Crippen molar-refractivity contribution in [1.29, 1.82) is 0 Å². The molecule has 0 spiro atoms. The molecule has 4 rings (SSSR count). The Morgan fingerprint density at radius 2 is 1.89 bits per heavy atom. The summed E-state index contributed by atoms with van der Waals surface area (Å²) in [6, 6.07) is 1.28. The van der Waals surface area contributed by atoms with Crippen LogP contribution in [-0.4, -0.2) is 70.1 Å². The zero-order chi connectivity index (χ0) is 27.6. The van der Waals surface area contributed by atoms with Gasteiger partial charge >= 0.3 is 23.5 Å². The first-order valence-corrected chi connectivity index (χ1v) is 15.4. The van der Waals surface area contributed by atoms with Crippen LogP contribution in [0.1, 0.15) is 13.2 Å². The van der Waals surface area contributed by atoms with Gasteiger partial charge in [-0.25, -0.2) is 18.7 Å². The van der Waals surface area contributed by atoms with Crippen LogP contribution in [0.25, 0.3) is 10.8 Å². The molecule has 0 radical (unpaired) electrons. The lowest BCUT2D eigenvalue weighted by Crippen LogP contribution is -2.44. The van der Waals surface area contributed by atoms with Gasteiger partial charge < -0.3 is 44.4 Å². The van der Waals surface area contributed by atoms with Gasteiger partial charge in [0.05, 0.1) is 18.3 Å². The Bertz CT molecular complexity index is 1490. The lowest BCUT2D eigenvalue weighted by atomic mass is 9.96. The number of rotatable bonds is 8. The Morgan fingerprint density at radius 3 is 2.54 bits per heavy atom. The number of hydrogen-bond acceptors (Lipinski definition) is 13. The quantitative estimate of drug-likeness (QED) is 0.146. The second-order valence-electron chi connectivity index (χ2n) is 7.93. The lowest BCUT2D eigenvalue weighted by Gasteiger charge is -2.28. The van der Waals surface area contributed by atoms with E-state index in [4.69, 9.17) is 14.5 Å². The Kier molecular flexibility index (Phi) is 7.64. The number of ether oxygens (including phenoxy) is 1. The summed E-state index contributed by atoms with van der Waals surface area (Å²) < 4.78 is 53.6. The molecule has 2 aromatic rings. The number of nitrogens with one attached hydrogen (secondary N) is 1. The molecule has 7 N–H and O–H groups in total. The lowest BCUT2D eigenvalue weighted by molar-refractivity contribution is -0.0954. The largest absolute Gasteiger partial charge is 0.490 e. The van der Waals surface area contributed by atoms with E-state index < -0.39 is 59.7 Å². The molecular formula is C15H18IN4O14P3. The highest BCUT2D eigenvalue weighted by atomic mass is 127. The van der Waals surface area contributed by atoms with Crippen molar-refractivity contribution < 1.29 is 61.4 Å². The number of aliphatic imine (C=N–C) groups is 1. The van der Waals surface area contributed by atoms with E-state index >= 15 is 0 Å². The fraction of sp³-hybridized carbons (Fsp3) is 0.400. The molecule has 1 saturated heterocycles. The maximum Gasteiger partial charge on any atom is 0.490 e. The van der Waals surface area contributed by atoms with Gasteiger partial charge in [0, 0.05) is 21.2 Å². The highest BCUT2D eigenvalue weighted by molar-refractivity contribution is 14.1. The second-order valence-corrected chi connectivity index (χ2v) is 13.5. The van der Waals surface area contributed by atoms with Crippen LogP contribution < -0.4 is 10.9 Å². The average molecular weight is 698 g/mol. The first-order valence-electron chi connectivity index (χ1n) is 9.79. The third-order valence-electron chi connectivity index (χ3n) is 5.19. The Labute approximate surface area is 219 Å². The van der Waals surface area contributed by atoms with Crippen molar-refractivity contribution in [3.05, 3.63) is 26.2 Å². The van der Waals surface area contributed by atoms with Gasteiger partial charge in [-0.1, -0.05) is 0 Å². The number of nitrogens with zero attached hydrogens (tertiary/aromatic N) is 3. The molecule has 2 unspecified atom stereocenters. The standard InChI is InChI=1S/C15H18IN4O14P3/c1-15(23)11(22)8(4-31-36(27,28)34-37(29,30)33-35(24,25)26)32-14(15)20-3-6-7(16)2-9(21)19-12-10(6)13(20)18-5-17-12/h2-3,5,8,11,14,22-23H,4H2,1H3,(H,27,28)(H,29,30)(H2,24,25,26)(H,17,18,19,21)/t8-,11-,14-,15-/m1/s1. The van der Waals surface area contributed by atoms with E-state index in [1.54, 1.807) is 0 Å². The van der Waals surface area contributed by atoms with Crippen LogP contribution in [0.2, 0.25) is 0 Å². The summed E-state index contributed by atoms with van der Waals surface area (Å²) in [6.07, 6.45) is -1.89. The molecule has 22 heteroatoms. The zero-order valence-electron chi connectivity index (χ0n) is 18.2. The highest BCUT2D eigenvalue weighted by Crippen LogP contribution is 2.66. The molecule has 37 heavy (non-hydrogen) atoms. The molecule has 0 bridgehead atoms. The molecular weight excluding hydrogens is 680 g/mol. The predicted octanol–water partition coefficient (Wildman–Crippen LogP) is 0.439. The van der Waals surface area contributed by atoms with Crippen molar-refractivity contribution in [2.45, 2.75) is 31.0 Å². The van der Waals surface area contributed by atoms with Crippen molar-refractivity contribution in [2.24, 2.45) is 4.99 Å². The average Bonchev–Trinajstić information content (AvgIpc) is 3.15. The maximum absolute atomic E-state index is 12.0. The summed E-state index contributed by atoms with van der Waals surface area (Å²) in [5.74, 6) is 0.393. The molecule has 1 fully saturated rings. The minimum absolute atomic E-state index is 0.189. The molecule has 2 aliphatic rings. The molecule has 6 atom stereocenters. The predicted molar refractivity (Wildman–Crippen MR) is 131 cm³/mol. The van der Waals surface area contributed by atoms with E-state index in [1.807, 2.05) is 22.6 Å². The minimum atomic E-state index is -5.75. The Morgan fingerprint density at radius 1 is 1.22 bits per heavy atom. The van der Waals surface area contributed by atoms with Crippen LogP contribution in [-0.2, 0) is 31.6 Å². The number of phosphoric acid groups is 3. The molecule has 204 valence electrons. The summed E-state index contributed by atoms with van der Waals surface area (Å²) >= 11 is 1.92. The van der Waals surface area contributed by atoms with Crippen molar-refractivity contribution in [1.82, 2.24) is 9.55 Å². The van der Waals surface area contributed by atoms with Gasteiger partial charge in [-0.05, 0) is 29.5 Å². The SMILES string of the molecule is C[C@@]1(O)[C@H](O)[C@@H](COP(=O)(O)OP(=O)(O)OP(=O)(O)O)O[C@H]1n1cc2c(I)cc(=O)nc3c2c1N=CN3. The highest BCUT2D eigenvalue weighted by Gasteiger charge is 2.54. The number of aliphatic hydroxyl groups excluding tert-OH is 1. The molecule has 4 heterocycles. The summed E-state index contributed by atoms with van der Waals surface area (Å²) in [4.78, 5) is 56.3. The van der Waals surface area contributed by atoms with Crippen LogP contribution in [0.5, 0.6) is 0 Å². The maximum atomic E-state index is 12.0. The van der Waals surface area contributed by atoms with E-state index in [-0.39, 0.29) is 11.6 Å². The molecule has 0 aromatic carbocycles. The molecule has 0 saturated carbocycles. The zero-order valence-corrected chi connectivity index (χ0v) is 23.0. The topological polar surface area (TPSA) is 269 Å². The van der Waals surface area contributed by atoms with E-state index in [2.05, 4.69) is 28.4 Å². The van der Waals surface area contributed by atoms with Gasteiger partial charge in [0.25, 0.3) is 5.56 Å². The number of anilines is 1. The third-order valence-corrected chi connectivity index (χ3v) is 9.88. The van der Waals surface area contributed by atoms with Gasteiger partial charge in [0.15, 0.2) is 6.23 Å². The second kappa shape index (κ2) is 9.79. The van der Waals surface area contributed by atoms with E-state index in [1.165, 1.54) is 30.1 Å². The first kappa shape index (κ1) is 28.8. The van der Waals surface area contributed by atoms with Gasteiger partial charge in [-0.15, -0.1) is 0 Å². The van der Waals surface area contributed by atoms with Crippen LogP contribution in [0.4, 0.5) is 11.6 Å². The van der Waals surface area contributed by atoms with Crippen molar-refractivity contribution in [3.8, 4) is 0 Å². The summed E-state index contributed by atoms with van der Waals surface area (Å²) in [7, 11) is -16.8. The van der Waals surface area contributed by atoms with Gasteiger partial charge in [-0.2, -0.15) is 13.6 Å². The fourth-order valence-corrected chi connectivity index (χ4v) is 7.44. The van der Waals surface area contributed by atoms with Crippen LogP contribution in [0, 0.1) is 3.57 Å². The van der Waals surface area contributed by atoms with Gasteiger partial charge in [0.2, 0.25) is 0 Å². The van der Waals surface area contributed by atoms with Crippen LogP contribution in [0.15, 0.2) is 22.1 Å². The Balaban J connectivity index is 1.60. The molecule has 18 nitrogen and oxygen atoms in total. The summed E-state index contributed by atoms with van der Waals surface area (Å²) in [5.41, 5.74) is -2.57. The number of aromatic nitrogens is 2. The number of hydrogen-bond donors (Lipinski definition) is 7. The normalized spacial score (nSPS) is 28.6. The third kappa shape index (κ3) is 6.05. The van der Waals surface area contributed by atoms with E-state index in [0.29, 0.717) is 14.3 Å². The number of aliphatic hydroxyl groups is 2. The monoisotopic (exact) mass is 698 g/mol. The van der Waals surface area contributed by atoms with Gasteiger partial charge in [0.1, 0.15) is 29.4 Å². The van der Waals surface area contributed by atoms with Crippen LogP contribution >= 0.6 is 46.1 Å². The van der Waals surface area contributed by atoms with Crippen LogP contribution in [0.3, 0.4) is 0 Å². The molecule has 0 aliphatic carbocycles. The summed E-state index contributed by atoms with van der Waals surface area (Å²) in [5, 5.41) is 25.4. The first-order chi connectivity index (χ1) is 16.9. The van der Waals surface area contributed by atoms with Crippen molar-refractivity contribution in [2.75, 3.05) is 11.9 Å². The smallest absolute Gasteiger partial charge is 0.387 e. The molecule has 2 aliphatic heterocycles. The fourth-order valence-electron chi connectivity index (χ4n) is 3.73. The molecule has 0 amide bonds. The van der Waals surface area contributed by atoms with Crippen molar-refractivity contribution in [3.63, 3.8) is 0 Å².